The predicted molar refractivity (Wildman–Crippen MR) is 79.2 cm³/mol. The number of aromatic nitrogens is 2. The lowest BCUT2D eigenvalue weighted by atomic mass is 10.2. The van der Waals surface area contributed by atoms with Crippen LogP contribution in [0.3, 0.4) is 0 Å². The lowest BCUT2D eigenvalue weighted by Crippen LogP contribution is -2.19. The van der Waals surface area contributed by atoms with Gasteiger partial charge in [-0.2, -0.15) is 5.10 Å². The van der Waals surface area contributed by atoms with Gasteiger partial charge in [-0.15, -0.1) is 0 Å². The van der Waals surface area contributed by atoms with Crippen molar-refractivity contribution in [1.82, 2.24) is 15.1 Å². The highest BCUT2D eigenvalue weighted by Gasteiger charge is 2.06. The summed E-state index contributed by atoms with van der Waals surface area (Å²) in [6.45, 7) is 13.2. The van der Waals surface area contributed by atoms with Gasteiger partial charge in [0, 0.05) is 24.4 Å². The van der Waals surface area contributed by atoms with E-state index >= 15 is 0 Å². The van der Waals surface area contributed by atoms with Crippen LogP contribution >= 0.6 is 0 Å². The topological polar surface area (TPSA) is 39.1 Å². The second-order valence-electron chi connectivity index (χ2n) is 5.47. The summed E-state index contributed by atoms with van der Waals surface area (Å²) in [7, 11) is 0. The fourth-order valence-electron chi connectivity index (χ4n) is 1.88. The highest BCUT2D eigenvalue weighted by molar-refractivity contribution is 5.15. The minimum absolute atomic E-state index is 0.683. The van der Waals surface area contributed by atoms with Gasteiger partial charge in [-0.1, -0.05) is 27.2 Å². The molecule has 1 rings (SSSR count). The molecule has 4 heteroatoms. The van der Waals surface area contributed by atoms with E-state index in [2.05, 4.69) is 38.1 Å². The zero-order valence-electron chi connectivity index (χ0n) is 12.9. The van der Waals surface area contributed by atoms with E-state index in [1.54, 1.807) is 0 Å². The number of ether oxygens (including phenoxy) is 1. The van der Waals surface area contributed by atoms with Crippen molar-refractivity contribution in [3.05, 3.63) is 17.5 Å². The minimum atomic E-state index is 0.683. The first-order valence-corrected chi connectivity index (χ1v) is 7.44. The quantitative estimate of drug-likeness (QED) is 0.663. The van der Waals surface area contributed by atoms with E-state index in [0.29, 0.717) is 5.92 Å². The van der Waals surface area contributed by atoms with Crippen molar-refractivity contribution in [2.45, 2.75) is 53.6 Å². The summed E-state index contributed by atoms with van der Waals surface area (Å²) in [4.78, 5) is 0. The molecular formula is C15H29N3O. The van der Waals surface area contributed by atoms with E-state index in [-0.39, 0.29) is 0 Å². The molecule has 0 fully saturated rings. The monoisotopic (exact) mass is 267 g/mol. The van der Waals surface area contributed by atoms with Crippen LogP contribution in [0.4, 0.5) is 0 Å². The first kappa shape index (κ1) is 16.2. The molecular weight excluding hydrogens is 238 g/mol. The Morgan fingerprint density at radius 2 is 2.16 bits per heavy atom. The van der Waals surface area contributed by atoms with Gasteiger partial charge >= 0.3 is 0 Å². The summed E-state index contributed by atoms with van der Waals surface area (Å²) in [6, 6.07) is 0. The largest absolute Gasteiger partial charge is 0.380 e. The summed E-state index contributed by atoms with van der Waals surface area (Å²) in [5, 5.41) is 7.88. The molecule has 0 amide bonds. The molecule has 0 saturated heterocycles. The van der Waals surface area contributed by atoms with Gasteiger partial charge in [-0.25, -0.2) is 0 Å². The second kappa shape index (κ2) is 9.10. The summed E-state index contributed by atoms with van der Waals surface area (Å²) in [5.41, 5.74) is 2.53. The highest BCUT2D eigenvalue weighted by Crippen LogP contribution is 2.07. The Morgan fingerprint density at radius 3 is 2.84 bits per heavy atom. The molecule has 0 aromatic carbocycles. The van der Waals surface area contributed by atoms with E-state index in [4.69, 9.17) is 4.74 Å². The Balaban J connectivity index is 2.30. The zero-order valence-corrected chi connectivity index (χ0v) is 12.9. The third kappa shape index (κ3) is 6.21. The molecule has 0 atom stereocenters. The molecule has 0 saturated carbocycles. The van der Waals surface area contributed by atoms with Crippen LogP contribution in [0.1, 0.15) is 44.9 Å². The summed E-state index contributed by atoms with van der Waals surface area (Å²) in [5.74, 6) is 0.683. The van der Waals surface area contributed by atoms with E-state index in [1.165, 1.54) is 17.7 Å². The van der Waals surface area contributed by atoms with E-state index in [0.717, 1.165) is 39.3 Å². The summed E-state index contributed by atoms with van der Waals surface area (Å²) in [6.07, 6.45) is 4.30. The van der Waals surface area contributed by atoms with Crippen molar-refractivity contribution in [3.8, 4) is 0 Å². The maximum absolute atomic E-state index is 5.58. The number of hydrogen-bond acceptors (Lipinski definition) is 3. The van der Waals surface area contributed by atoms with Gasteiger partial charge in [-0.3, -0.25) is 4.68 Å². The molecule has 0 radical (unpaired) electrons. The normalized spacial score (nSPS) is 11.4. The van der Waals surface area contributed by atoms with Crippen molar-refractivity contribution in [2.75, 3.05) is 19.8 Å². The number of nitrogens with one attached hydrogen (secondary N) is 1. The van der Waals surface area contributed by atoms with Gasteiger partial charge < -0.3 is 10.1 Å². The maximum atomic E-state index is 5.58. The number of nitrogens with zero attached hydrogens (tertiary/aromatic N) is 2. The van der Waals surface area contributed by atoms with Crippen LogP contribution in [0.25, 0.3) is 0 Å². The molecule has 0 spiro atoms. The fraction of sp³-hybridized carbons (Fsp3) is 0.800. The molecule has 0 bridgehead atoms. The predicted octanol–water partition coefficient (Wildman–Crippen LogP) is 2.75. The van der Waals surface area contributed by atoms with Gasteiger partial charge in [0.1, 0.15) is 0 Å². The SMILES string of the molecule is CCCCOCCn1ncc(CNCC(C)C)c1C. The van der Waals surface area contributed by atoms with Crippen molar-refractivity contribution in [1.29, 1.82) is 0 Å². The Kier molecular flexibility index (Phi) is 7.75. The molecule has 0 unspecified atom stereocenters. The molecule has 1 aromatic heterocycles. The smallest absolute Gasteiger partial charge is 0.0662 e. The molecule has 1 N–H and O–H groups in total. The van der Waals surface area contributed by atoms with Crippen molar-refractivity contribution in [3.63, 3.8) is 0 Å². The molecule has 0 aliphatic heterocycles. The maximum Gasteiger partial charge on any atom is 0.0662 e. The average Bonchev–Trinajstić information content (AvgIpc) is 2.71. The second-order valence-corrected chi connectivity index (χ2v) is 5.47. The molecule has 4 nitrogen and oxygen atoms in total. The average molecular weight is 267 g/mol. The van der Waals surface area contributed by atoms with Gasteiger partial charge in [0.15, 0.2) is 0 Å². The van der Waals surface area contributed by atoms with E-state index in [9.17, 15) is 0 Å². The van der Waals surface area contributed by atoms with Crippen LogP contribution in [0.5, 0.6) is 0 Å². The minimum Gasteiger partial charge on any atom is -0.380 e. The molecule has 0 aliphatic rings. The van der Waals surface area contributed by atoms with E-state index in [1.807, 2.05) is 10.9 Å². The molecule has 1 heterocycles. The van der Waals surface area contributed by atoms with Crippen molar-refractivity contribution in [2.24, 2.45) is 5.92 Å². The Labute approximate surface area is 117 Å². The Hall–Kier alpha value is -0.870. The third-order valence-electron chi connectivity index (χ3n) is 3.16. The Morgan fingerprint density at radius 1 is 1.37 bits per heavy atom. The van der Waals surface area contributed by atoms with Crippen LogP contribution in [0.15, 0.2) is 6.20 Å². The van der Waals surface area contributed by atoms with E-state index < -0.39 is 0 Å². The lowest BCUT2D eigenvalue weighted by Gasteiger charge is -2.08. The Bertz CT molecular complexity index is 347. The van der Waals surface area contributed by atoms with Crippen LogP contribution in [-0.4, -0.2) is 29.5 Å². The number of rotatable bonds is 10. The highest BCUT2D eigenvalue weighted by atomic mass is 16.5. The number of hydrogen-bond donors (Lipinski definition) is 1. The van der Waals surface area contributed by atoms with Gasteiger partial charge in [0.05, 0.1) is 19.3 Å². The fourth-order valence-corrected chi connectivity index (χ4v) is 1.88. The van der Waals surface area contributed by atoms with Gasteiger partial charge in [0.2, 0.25) is 0 Å². The summed E-state index contributed by atoms with van der Waals surface area (Å²) < 4.78 is 7.62. The molecule has 110 valence electrons. The first-order chi connectivity index (χ1) is 9.15. The number of unbranched alkanes of at least 4 members (excludes halogenated alkanes) is 1. The zero-order chi connectivity index (χ0) is 14.1. The standard InChI is InChI=1S/C15H29N3O/c1-5-6-8-19-9-7-18-14(4)15(12-17-18)11-16-10-13(2)3/h12-13,16H,5-11H2,1-4H3. The lowest BCUT2D eigenvalue weighted by molar-refractivity contribution is 0.120. The first-order valence-electron chi connectivity index (χ1n) is 7.44. The van der Waals surface area contributed by atoms with Crippen molar-refractivity contribution >= 4 is 0 Å². The molecule has 19 heavy (non-hydrogen) atoms. The van der Waals surface area contributed by atoms with Crippen LogP contribution < -0.4 is 5.32 Å². The van der Waals surface area contributed by atoms with Crippen LogP contribution in [-0.2, 0) is 17.8 Å². The molecule has 0 aliphatic carbocycles. The summed E-state index contributed by atoms with van der Waals surface area (Å²) >= 11 is 0. The third-order valence-corrected chi connectivity index (χ3v) is 3.16. The molecule has 1 aromatic rings. The van der Waals surface area contributed by atoms with Crippen molar-refractivity contribution < 1.29 is 4.74 Å². The van der Waals surface area contributed by atoms with Gasteiger partial charge in [-0.05, 0) is 25.8 Å². The van der Waals surface area contributed by atoms with Crippen LogP contribution in [0, 0.1) is 12.8 Å². The van der Waals surface area contributed by atoms with Crippen LogP contribution in [0.2, 0.25) is 0 Å². The van der Waals surface area contributed by atoms with Gasteiger partial charge in [0.25, 0.3) is 0 Å².